The Hall–Kier alpha value is -2.59. The molecule has 4 rings (SSSR count). The third-order valence-electron chi connectivity index (χ3n) is 8.55. The second-order valence-electron chi connectivity index (χ2n) is 12.3. The van der Waals surface area contributed by atoms with Crippen LogP contribution in [0.2, 0.25) is 5.02 Å². The van der Waals surface area contributed by atoms with Crippen LogP contribution in [0.5, 0.6) is 5.75 Å². The summed E-state index contributed by atoms with van der Waals surface area (Å²) in [7, 11) is 0. The molecule has 0 atom stereocenters. The lowest BCUT2D eigenvalue weighted by atomic mass is 9.49. The summed E-state index contributed by atoms with van der Waals surface area (Å²) in [4.78, 5) is 15.7. The fourth-order valence-electron chi connectivity index (χ4n) is 6.59. The van der Waals surface area contributed by atoms with Gasteiger partial charge in [-0.15, -0.1) is 0 Å². The summed E-state index contributed by atoms with van der Waals surface area (Å²) in [6.07, 6.45) is 5.91. The summed E-state index contributed by atoms with van der Waals surface area (Å²) >= 11 is 6.20. The van der Waals surface area contributed by atoms with E-state index in [9.17, 15) is 4.79 Å². The highest BCUT2D eigenvalue weighted by molar-refractivity contribution is 6.31. The van der Waals surface area contributed by atoms with E-state index in [0.717, 1.165) is 19.5 Å². The monoisotopic (exact) mass is 550 g/mol. The van der Waals surface area contributed by atoms with Crippen molar-refractivity contribution in [3.8, 4) is 11.8 Å². The molecule has 6 nitrogen and oxygen atoms in total. The molecule has 1 aliphatic heterocycles. The first-order valence-corrected chi connectivity index (χ1v) is 14.7. The van der Waals surface area contributed by atoms with Gasteiger partial charge in [0.2, 0.25) is 0 Å². The van der Waals surface area contributed by atoms with Gasteiger partial charge in [-0.05, 0) is 55.6 Å². The number of benzene rings is 2. The number of carbonyl (C=O) groups excluding carboxylic acids is 1. The van der Waals surface area contributed by atoms with E-state index in [2.05, 4.69) is 61.4 Å². The van der Waals surface area contributed by atoms with E-state index in [0.29, 0.717) is 21.9 Å². The highest BCUT2D eigenvalue weighted by Gasteiger charge is 2.64. The van der Waals surface area contributed by atoms with E-state index < -0.39 is 0 Å². The first-order valence-electron chi connectivity index (χ1n) is 14.3. The Morgan fingerprint density at radius 3 is 2.36 bits per heavy atom. The second kappa shape index (κ2) is 12.7. The quantitative estimate of drug-likeness (QED) is 0.344. The molecule has 0 unspecified atom stereocenters. The second-order valence-corrected chi connectivity index (χ2v) is 12.7. The van der Waals surface area contributed by atoms with Crippen LogP contribution in [-0.2, 0) is 6.42 Å². The van der Waals surface area contributed by atoms with Crippen molar-refractivity contribution in [1.29, 1.82) is 5.26 Å². The molecule has 1 amide bonds. The van der Waals surface area contributed by atoms with Crippen molar-refractivity contribution in [2.24, 2.45) is 10.8 Å². The smallest absolute Gasteiger partial charge is 0.251 e. The van der Waals surface area contributed by atoms with Crippen molar-refractivity contribution in [2.75, 3.05) is 32.7 Å². The molecule has 1 aliphatic carbocycles. The number of aryl methyl sites for hydroxylation is 1. The minimum absolute atomic E-state index is 0.0551. The summed E-state index contributed by atoms with van der Waals surface area (Å²) in [5, 5.41) is 16.2. The Morgan fingerprint density at radius 2 is 1.72 bits per heavy atom. The molecule has 0 bridgehead atoms. The maximum Gasteiger partial charge on any atom is 0.251 e. The largest absolute Gasteiger partial charge is 0.489 e. The number of unbranched alkanes of at least 4 members (excludes halogenated alkanes) is 3. The maximum atomic E-state index is 13.2. The van der Waals surface area contributed by atoms with Crippen LogP contribution < -0.4 is 15.4 Å². The van der Waals surface area contributed by atoms with Gasteiger partial charge in [0.25, 0.3) is 5.91 Å². The Bertz CT molecular complexity index is 1150. The molecule has 2 aromatic rings. The van der Waals surface area contributed by atoms with Crippen LogP contribution in [0.25, 0.3) is 0 Å². The summed E-state index contributed by atoms with van der Waals surface area (Å²) < 4.78 is 6.34. The minimum atomic E-state index is -0.287. The predicted octanol–water partition coefficient (Wildman–Crippen LogP) is 5.83. The fourth-order valence-corrected chi connectivity index (χ4v) is 6.80. The Balaban J connectivity index is 1.24. The zero-order chi connectivity index (χ0) is 28.0. The van der Waals surface area contributed by atoms with Crippen molar-refractivity contribution in [3.05, 3.63) is 64.2 Å². The molecular formula is C32H43ClN4O2. The number of hydrogen-bond acceptors (Lipinski definition) is 5. The van der Waals surface area contributed by atoms with Gasteiger partial charge in [0.1, 0.15) is 17.9 Å². The van der Waals surface area contributed by atoms with Gasteiger partial charge in [0.15, 0.2) is 0 Å². The standard InChI is InChI=1S/C32H43ClN4O2/c1-31(2)29(32(3,4)30(31)39-26-15-14-25(22-34)27(33)21-26)36-28(38)24-12-10-23(11-13-24)9-7-5-6-8-18-37-19-16-35-17-20-37/h10-15,21,29-30,35H,5-9,16-20H2,1-4H3,(H,36,38). The normalized spacial score (nSPS) is 21.9. The SMILES string of the molecule is CC1(C)C(NC(=O)c2ccc(CCCCCCN3CCNCC3)cc2)C(C)(C)C1Oc1ccc(C#N)c(Cl)c1. The van der Waals surface area contributed by atoms with Crippen LogP contribution in [0, 0.1) is 22.2 Å². The third kappa shape index (κ3) is 6.95. The zero-order valence-corrected chi connectivity index (χ0v) is 24.6. The van der Waals surface area contributed by atoms with Crippen LogP contribution in [0.1, 0.15) is 74.9 Å². The molecule has 1 heterocycles. The van der Waals surface area contributed by atoms with Crippen molar-refractivity contribution in [1.82, 2.24) is 15.5 Å². The third-order valence-corrected chi connectivity index (χ3v) is 8.86. The van der Waals surface area contributed by atoms with Crippen LogP contribution in [0.3, 0.4) is 0 Å². The predicted molar refractivity (Wildman–Crippen MR) is 157 cm³/mol. The van der Waals surface area contributed by atoms with E-state index in [4.69, 9.17) is 21.6 Å². The highest BCUT2D eigenvalue weighted by atomic mass is 35.5. The van der Waals surface area contributed by atoms with E-state index >= 15 is 0 Å². The molecule has 0 aromatic heterocycles. The Labute approximate surface area is 239 Å². The lowest BCUT2D eigenvalue weighted by Crippen LogP contribution is -2.74. The Morgan fingerprint density at radius 1 is 1.05 bits per heavy atom. The van der Waals surface area contributed by atoms with E-state index in [1.807, 2.05) is 12.1 Å². The lowest BCUT2D eigenvalue weighted by Gasteiger charge is -2.63. The van der Waals surface area contributed by atoms with E-state index in [1.54, 1.807) is 18.2 Å². The number of nitriles is 1. The van der Waals surface area contributed by atoms with Crippen molar-refractivity contribution in [2.45, 2.75) is 71.9 Å². The molecule has 2 aliphatic rings. The van der Waals surface area contributed by atoms with E-state index in [1.165, 1.54) is 50.9 Å². The number of ether oxygens (including phenoxy) is 1. The van der Waals surface area contributed by atoms with Crippen molar-refractivity contribution < 1.29 is 9.53 Å². The molecule has 0 radical (unpaired) electrons. The number of amides is 1. The first kappa shape index (κ1) is 29.4. The molecule has 2 aromatic carbocycles. The lowest BCUT2D eigenvalue weighted by molar-refractivity contribution is -0.164. The topological polar surface area (TPSA) is 77.4 Å². The van der Waals surface area contributed by atoms with Gasteiger partial charge in [-0.2, -0.15) is 5.26 Å². The van der Waals surface area contributed by atoms with Crippen LogP contribution in [0.4, 0.5) is 0 Å². The van der Waals surface area contributed by atoms with Crippen LogP contribution in [-0.4, -0.2) is 55.7 Å². The van der Waals surface area contributed by atoms with Gasteiger partial charge in [-0.3, -0.25) is 4.79 Å². The molecule has 7 heteroatoms. The summed E-state index contributed by atoms with van der Waals surface area (Å²) in [5.74, 6) is 0.575. The van der Waals surface area contributed by atoms with Crippen LogP contribution >= 0.6 is 11.6 Å². The number of nitrogens with one attached hydrogen (secondary N) is 2. The van der Waals surface area contributed by atoms with Crippen LogP contribution in [0.15, 0.2) is 42.5 Å². The van der Waals surface area contributed by atoms with Crippen molar-refractivity contribution >= 4 is 17.5 Å². The van der Waals surface area contributed by atoms with Gasteiger partial charge in [0, 0.05) is 54.7 Å². The number of rotatable bonds is 11. The summed E-state index contributed by atoms with van der Waals surface area (Å²) in [6.45, 7) is 14.3. The molecule has 210 valence electrons. The van der Waals surface area contributed by atoms with Gasteiger partial charge in [-0.25, -0.2) is 0 Å². The average molecular weight is 551 g/mol. The first-order chi connectivity index (χ1) is 18.6. The number of hydrogen-bond donors (Lipinski definition) is 2. The zero-order valence-electron chi connectivity index (χ0n) is 23.9. The van der Waals surface area contributed by atoms with Gasteiger partial charge >= 0.3 is 0 Å². The molecule has 1 saturated carbocycles. The number of piperazine rings is 1. The number of carbonyl (C=O) groups is 1. The van der Waals surface area contributed by atoms with E-state index in [-0.39, 0.29) is 28.9 Å². The molecule has 1 saturated heterocycles. The molecular weight excluding hydrogens is 508 g/mol. The summed E-state index contributed by atoms with van der Waals surface area (Å²) in [6, 6.07) is 15.2. The number of halogens is 1. The van der Waals surface area contributed by atoms with Gasteiger partial charge < -0.3 is 20.3 Å². The molecule has 2 fully saturated rings. The molecule has 39 heavy (non-hydrogen) atoms. The minimum Gasteiger partial charge on any atom is -0.489 e. The highest BCUT2D eigenvalue weighted by Crippen LogP contribution is 2.55. The summed E-state index contributed by atoms with van der Waals surface area (Å²) in [5.41, 5.74) is 1.82. The van der Waals surface area contributed by atoms with Crippen molar-refractivity contribution in [3.63, 3.8) is 0 Å². The Kier molecular flexibility index (Phi) is 9.59. The number of nitrogens with zero attached hydrogens (tertiary/aromatic N) is 2. The molecule has 0 spiro atoms. The van der Waals surface area contributed by atoms with Gasteiger partial charge in [0.05, 0.1) is 10.6 Å². The molecule has 2 N–H and O–H groups in total. The average Bonchev–Trinajstić information content (AvgIpc) is 2.93. The van der Waals surface area contributed by atoms with Gasteiger partial charge in [-0.1, -0.05) is 64.3 Å². The fraction of sp³-hybridized carbons (Fsp3) is 0.562. The maximum absolute atomic E-state index is 13.2.